The van der Waals surface area contributed by atoms with E-state index >= 15 is 0 Å². The Kier molecular flexibility index (Phi) is 14.7. The van der Waals surface area contributed by atoms with Crippen LogP contribution in [0.3, 0.4) is 0 Å². The van der Waals surface area contributed by atoms with Crippen LogP contribution in [0, 0.1) is 23.6 Å². The molecule has 11 nitrogen and oxygen atoms in total. The van der Waals surface area contributed by atoms with E-state index in [1.807, 2.05) is 0 Å². The number of hydrogen-bond donors (Lipinski definition) is 0. The largest absolute Gasteiger partial charge is 0.493 e. The minimum Gasteiger partial charge on any atom is -0.493 e. The Hall–Kier alpha value is -4.06. The zero-order chi connectivity index (χ0) is 32.8. The van der Waals surface area contributed by atoms with E-state index in [-0.39, 0.29) is 35.3 Å². The first kappa shape index (κ1) is 36.1. The summed E-state index contributed by atoms with van der Waals surface area (Å²) in [6.45, 7) is 7.65. The highest BCUT2D eigenvalue weighted by atomic mass is 19.1. The molecule has 0 spiro atoms. The maximum absolute atomic E-state index is 13.5. The molecule has 0 saturated heterocycles. The third kappa shape index (κ3) is 11.2. The highest BCUT2D eigenvalue weighted by Crippen LogP contribution is 2.31. The molecular formula is C32H42FNO10. The molecule has 0 aliphatic rings. The van der Waals surface area contributed by atoms with E-state index in [9.17, 15) is 23.6 Å². The number of halogens is 1. The fourth-order valence-corrected chi connectivity index (χ4v) is 4.35. The van der Waals surface area contributed by atoms with Gasteiger partial charge in [0.05, 0.1) is 18.9 Å². The molecule has 1 heterocycles. The van der Waals surface area contributed by atoms with Crippen molar-refractivity contribution in [3.63, 3.8) is 0 Å². The van der Waals surface area contributed by atoms with Gasteiger partial charge in [-0.25, -0.2) is 9.37 Å². The van der Waals surface area contributed by atoms with Crippen LogP contribution in [0.25, 0.3) is 0 Å². The Labute approximate surface area is 257 Å². The predicted molar refractivity (Wildman–Crippen MR) is 157 cm³/mol. The summed E-state index contributed by atoms with van der Waals surface area (Å²) in [5.74, 6) is -4.14. The van der Waals surface area contributed by atoms with Gasteiger partial charge in [0, 0.05) is 45.2 Å². The van der Waals surface area contributed by atoms with E-state index in [1.165, 1.54) is 45.4 Å². The van der Waals surface area contributed by atoms with E-state index in [0.29, 0.717) is 19.4 Å². The van der Waals surface area contributed by atoms with Gasteiger partial charge >= 0.3 is 17.9 Å². The lowest BCUT2D eigenvalue weighted by Gasteiger charge is -2.32. The molecular weight excluding hydrogens is 577 g/mol. The second-order valence-electron chi connectivity index (χ2n) is 10.7. The zero-order valence-electron chi connectivity index (χ0n) is 26.3. The molecule has 0 amide bonds. The van der Waals surface area contributed by atoms with E-state index in [2.05, 4.69) is 4.98 Å². The van der Waals surface area contributed by atoms with E-state index in [1.54, 1.807) is 40.0 Å². The molecule has 0 saturated carbocycles. The summed E-state index contributed by atoms with van der Waals surface area (Å²) < 4.78 is 46.0. The van der Waals surface area contributed by atoms with Crippen molar-refractivity contribution in [2.45, 2.75) is 66.1 Å². The van der Waals surface area contributed by atoms with Crippen LogP contribution in [0.4, 0.5) is 4.39 Å². The number of methoxy groups -OCH3 is 2. The first-order valence-electron chi connectivity index (χ1n) is 14.3. The number of rotatable bonds is 18. The van der Waals surface area contributed by atoms with Crippen molar-refractivity contribution in [1.29, 1.82) is 0 Å². The van der Waals surface area contributed by atoms with Crippen molar-refractivity contribution >= 4 is 23.7 Å². The van der Waals surface area contributed by atoms with E-state index < -0.39 is 54.5 Å². The van der Waals surface area contributed by atoms with Gasteiger partial charge in [-0.2, -0.15) is 0 Å². The van der Waals surface area contributed by atoms with Crippen molar-refractivity contribution in [1.82, 2.24) is 4.98 Å². The average molecular weight is 620 g/mol. The predicted octanol–water partition coefficient (Wildman–Crippen LogP) is 4.73. The van der Waals surface area contributed by atoms with Crippen LogP contribution in [-0.4, -0.2) is 68.5 Å². The first-order chi connectivity index (χ1) is 20.9. The van der Waals surface area contributed by atoms with Gasteiger partial charge in [0.1, 0.15) is 18.0 Å². The van der Waals surface area contributed by atoms with Crippen LogP contribution in [0.1, 0.15) is 63.5 Å². The fourth-order valence-electron chi connectivity index (χ4n) is 4.35. The Bertz CT molecular complexity index is 1250. The molecule has 0 unspecified atom stereocenters. The molecule has 0 aliphatic carbocycles. The lowest BCUT2D eigenvalue weighted by molar-refractivity contribution is -0.176. The number of esters is 3. The molecule has 44 heavy (non-hydrogen) atoms. The molecule has 0 fully saturated rings. The number of nitrogens with zero attached hydrogens (tertiary/aromatic N) is 1. The van der Waals surface area contributed by atoms with Crippen molar-refractivity contribution in [2.24, 2.45) is 17.8 Å². The lowest BCUT2D eigenvalue weighted by Crippen LogP contribution is -2.42. The Morgan fingerprint density at radius 1 is 0.932 bits per heavy atom. The second-order valence-corrected chi connectivity index (χ2v) is 10.7. The zero-order valence-corrected chi connectivity index (χ0v) is 26.3. The quantitative estimate of drug-likeness (QED) is 0.0991. The van der Waals surface area contributed by atoms with Gasteiger partial charge in [0.2, 0.25) is 6.79 Å². The molecule has 2 rings (SSSR count). The molecule has 12 heteroatoms. The minimum absolute atomic E-state index is 0.0300. The van der Waals surface area contributed by atoms with E-state index in [0.717, 1.165) is 5.56 Å². The van der Waals surface area contributed by atoms with Gasteiger partial charge in [0.25, 0.3) is 0 Å². The van der Waals surface area contributed by atoms with Crippen molar-refractivity contribution < 1.29 is 52.0 Å². The Morgan fingerprint density at radius 3 is 2.20 bits per heavy atom. The van der Waals surface area contributed by atoms with Crippen molar-refractivity contribution in [3.8, 4) is 11.5 Å². The summed E-state index contributed by atoms with van der Waals surface area (Å²) in [6, 6.07) is 7.48. The highest BCUT2D eigenvalue weighted by Gasteiger charge is 2.35. The van der Waals surface area contributed by atoms with Crippen LogP contribution in [0.5, 0.6) is 11.5 Å². The van der Waals surface area contributed by atoms with Gasteiger partial charge in [-0.05, 0) is 37.5 Å². The minimum atomic E-state index is -0.907. The first-order valence-corrected chi connectivity index (χ1v) is 14.3. The highest BCUT2D eigenvalue weighted by molar-refractivity contribution is 5.99. The Balaban J connectivity index is 2.23. The number of aromatic nitrogens is 1. The number of carbonyl (C=O) groups excluding carboxylic acids is 4. The lowest BCUT2D eigenvalue weighted by atomic mass is 9.88. The summed E-state index contributed by atoms with van der Waals surface area (Å²) in [5, 5.41) is 0. The van der Waals surface area contributed by atoms with Gasteiger partial charge in [-0.3, -0.25) is 19.2 Å². The van der Waals surface area contributed by atoms with Crippen LogP contribution >= 0.6 is 0 Å². The number of pyridine rings is 1. The molecule has 0 N–H and O–H groups in total. The molecule has 0 bridgehead atoms. The second kappa shape index (κ2) is 17.9. The molecule has 4 atom stereocenters. The van der Waals surface area contributed by atoms with Crippen LogP contribution in [0.15, 0.2) is 36.5 Å². The van der Waals surface area contributed by atoms with Gasteiger partial charge in [-0.1, -0.05) is 32.9 Å². The summed E-state index contributed by atoms with van der Waals surface area (Å²) in [7, 11) is 2.93. The third-order valence-corrected chi connectivity index (χ3v) is 6.77. The van der Waals surface area contributed by atoms with Crippen LogP contribution < -0.4 is 9.47 Å². The Morgan fingerprint density at radius 2 is 1.61 bits per heavy atom. The average Bonchev–Trinajstić information content (AvgIpc) is 2.98. The molecule has 1 aromatic heterocycles. The number of carbonyl (C=O) groups is 4. The monoisotopic (exact) mass is 619 g/mol. The fraction of sp³-hybridized carbons (Fsp3) is 0.531. The normalized spacial score (nSPS) is 13.8. The number of benzene rings is 1. The van der Waals surface area contributed by atoms with E-state index in [4.69, 9.17) is 28.4 Å². The number of Topliss-reactive ketones (excluding diaryl/α,β-unsaturated/α-hetero) is 1. The summed E-state index contributed by atoms with van der Waals surface area (Å²) in [5.41, 5.74) is 0.708. The van der Waals surface area contributed by atoms with Crippen LogP contribution in [-0.2, 0) is 39.8 Å². The number of hydrogen-bond acceptors (Lipinski definition) is 11. The van der Waals surface area contributed by atoms with Crippen molar-refractivity contribution in [2.75, 3.05) is 27.6 Å². The maximum Gasteiger partial charge on any atom is 0.309 e. The SMILES string of the molecule is COCC[C@H](Cc1ccc(F)cc1)[C@@H](OC(=O)C(C)C)[C@H](C)OC(=O)[C@H](C)CC(=O)c1nccc(OC)c1OCOC(C)=O. The van der Waals surface area contributed by atoms with Crippen LogP contribution in [0.2, 0.25) is 0 Å². The van der Waals surface area contributed by atoms with Gasteiger partial charge in [0.15, 0.2) is 23.0 Å². The number of ether oxygens (including phenoxy) is 6. The topological polar surface area (TPSA) is 137 Å². The third-order valence-electron chi connectivity index (χ3n) is 6.77. The molecule has 0 radical (unpaired) electrons. The van der Waals surface area contributed by atoms with Gasteiger partial charge < -0.3 is 28.4 Å². The molecule has 1 aromatic carbocycles. The molecule has 242 valence electrons. The standard InChI is InChI=1S/C32H42FNO10/c1-19(2)31(37)44-29(24(13-15-39-6)17-23-8-10-25(33)11-9-23)21(4)43-32(38)20(3)16-26(36)28-30(42-18-41-22(5)35)27(40-7)12-14-34-28/h8-12,14,19-21,24,29H,13,15-18H2,1-7H3/t20-,21+,24-,29+/m1/s1. The molecule has 2 aromatic rings. The summed E-state index contributed by atoms with van der Waals surface area (Å²) >= 11 is 0. The number of ketones is 1. The van der Waals surface area contributed by atoms with Gasteiger partial charge in [-0.15, -0.1) is 0 Å². The van der Waals surface area contributed by atoms with Crippen molar-refractivity contribution in [3.05, 3.63) is 53.6 Å². The smallest absolute Gasteiger partial charge is 0.309 e. The summed E-state index contributed by atoms with van der Waals surface area (Å²) in [6.07, 6.45) is 0.213. The molecule has 0 aliphatic heterocycles. The maximum atomic E-state index is 13.5. The summed E-state index contributed by atoms with van der Waals surface area (Å²) in [4.78, 5) is 54.4.